The van der Waals surface area contributed by atoms with Crippen molar-refractivity contribution < 1.29 is 9.59 Å². The van der Waals surface area contributed by atoms with E-state index in [-0.39, 0.29) is 0 Å². The highest BCUT2D eigenvalue weighted by Gasteiger charge is 2.15. The lowest BCUT2D eigenvalue weighted by Gasteiger charge is -2.34. The summed E-state index contributed by atoms with van der Waals surface area (Å²) in [5, 5.41) is 5.28. The van der Waals surface area contributed by atoms with E-state index in [0.717, 1.165) is 44.8 Å². The van der Waals surface area contributed by atoms with Crippen LogP contribution in [0.1, 0.15) is 6.42 Å². The van der Waals surface area contributed by atoms with Gasteiger partial charge in [-0.2, -0.15) is 0 Å². The number of nitrogens with one attached hydrogen (secondary N) is 2. The lowest BCUT2D eigenvalue weighted by molar-refractivity contribution is -0.136. The molecule has 2 rings (SSSR count). The van der Waals surface area contributed by atoms with Crippen LogP contribution in [0.3, 0.4) is 0 Å². The third-order valence-electron chi connectivity index (χ3n) is 4.27. The first kappa shape index (κ1) is 19.2. The predicted molar refractivity (Wildman–Crippen MR) is 101 cm³/mol. The summed E-state index contributed by atoms with van der Waals surface area (Å²) in [4.78, 5) is 30.4. The van der Waals surface area contributed by atoms with Crippen molar-refractivity contribution in [3.63, 3.8) is 0 Å². The zero-order valence-electron chi connectivity index (χ0n) is 15.4. The maximum atomic E-state index is 11.9. The summed E-state index contributed by atoms with van der Waals surface area (Å²) in [6, 6.07) is 7.64. The van der Waals surface area contributed by atoms with Crippen LogP contribution in [0.25, 0.3) is 0 Å². The van der Waals surface area contributed by atoms with E-state index in [1.54, 1.807) is 0 Å². The Balaban J connectivity index is 1.78. The van der Waals surface area contributed by atoms with Crippen molar-refractivity contribution in [1.82, 2.24) is 15.1 Å². The molecule has 0 saturated carbocycles. The van der Waals surface area contributed by atoms with Crippen LogP contribution in [-0.4, -0.2) is 82.0 Å². The zero-order chi connectivity index (χ0) is 18.2. The summed E-state index contributed by atoms with van der Waals surface area (Å²) in [6.07, 6.45) is 0.811. The van der Waals surface area contributed by atoms with Gasteiger partial charge in [0.25, 0.3) is 0 Å². The van der Waals surface area contributed by atoms with Crippen LogP contribution in [0, 0.1) is 0 Å². The Bertz CT molecular complexity index is 565. The average Bonchev–Trinajstić information content (AvgIpc) is 2.59. The SMILES string of the molecule is CN(C)CCCNC(=O)C(=O)Nc1ccc(N2CCN(C)CC2)cc1. The molecule has 7 heteroatoms. The molecule has 2 N–H and O–H groups in total. The number of benzene rings is 1. The van der Waals surface area contributed by atoms with E-state index in [2.05, 4.69) is 27.5 Å². The molecular weight excluding hydrogens is 318 g/mol. The molecule has 0 radical (unpaired) electrons. The summed E-state index contributed by atoms with van der Waals surface area (Å²) in [7, 11) is 6.07. The summed E-state index contributed by atoms with van der Waals surface area (Å²) >= 11 is 0. The first-order valence-electron chi connectivity index (χ1n) is 8.73. The van der Waals surface area contributed by atoms with Crippen molar-refractivity contribution in [3.05, 3.63) is 24.3 Å². The van der Waals surface area contributed by atoms with Crippen molar-refractivity contribution in [2.75, 3.05) is 70.6 Å². The van der Waals surface area contributed by atoms with Gasteiger partial charge in [-0.1, -0.05) is 0 Å². The van der Waals surface area contributed by atoms with Gasteiger partial charge in [0.2, 0.25) is 0 Å². The molecule has 1 saturated heterocycles. The second-order valence-electron chi connectivity index (χ2n) is 6.70. The topological polar surface area (TPSA) is 67.9 Å². The number of hydrogen-bond donors (Lipinski definition) is 2. The highest BCUT2D eigenvalue weighted by molar-refractivity contribution is 6.39. The number of nitrogens with zero attached hydrogens (tertiary/aromatic N) is 3. The highest BCUT2D eigenvalue weighted by Crippen LogP contribution is 2.19. The molecule has 138 valence electrons. The molecule has 1 aromatic carbocycles. The molecule has 2 amide bonds. The van der Waals surface area contributed by atoms with Crippen LogP contribution in [0.5, 0.6) is 0 Å². The highest BCUT2D eigenvalue weighted by atomic mass is 16.2. The lowest BCUT2D eigenvalue weighted by atomic mass is 10.2. The standard InChI is InChI=1S/C18H29N5O2/c1-21(2)10-4-9-19-17(24)18(25)20-15-5-7-16(8-6-15)23-13-11-22(3)12-14-23/h5-8H,4,9-14H2,1-3H3,(H,19,24)(H,20,25). The Morgan fingerprint density at radius 3 is 2.28 bits per heavy atom. The largest absolute Gasteiger partial charge is 0.369 e. The van der Waals surface area contributed by atoms with Gasteiger partial charge < -0.3 is 25.3 Å². The molecule has 1 heterocycles. The van der Waals surface area contributed by atoms with E-state index in [1.807, 2.05) is 43.3 Å². The molecule has 1 aliphatic rings. The molecule has 1 aromatic rings. The number of amides is 2. The smallest absolute Gasteiger partial charge is 0.313 e. The van der Waals surface area contributed by atoms with Crippen LogP contribution >= 0.6 is 0 Å². The molecule has 0 atom stereocenters. The van der Waals surface area contributed by atoms with Crippen molar-refractivity contribution in [1.29, 1.82) is 0 Å². The minimum Gasteiger partial charge on any atom is -0.369 e. The second kappa shape index (κ2) is 9.39. The van der Waals surface area contributed by atoms with E-state index < -0.39 is 11.8 Å². The van der Waals surface area contributed by atoms with E-state index in [9.17, 15) is 9.59 Å². The number of likely N-dealkylation sites (N-methyl/N-ethyl adjacent to an activating group) is 1. The van der Waals surface area contributed by atoms with Crippen molar-refractivity contribution >= 4 is 23.2 Å². The Kier molecular flexibility index (Phi) is 7.21. The molecule has 7 nitrogen and oxygen atoms in total. The fourth-order valence-electron chi connectivity index (χ4n) is 2.69. The minimum absolute atomic E-state index is 0.493. The molecule has 1 fully saturated rings. The van der Waals surface area contributed by atoms with E-state index >= 15 is 0 Å². The van der Waals surface area contributed by atoms with Gasteiger partial charge in [0.1, 0.15) is 0 Å². The molecule has 0 bridgehead atoms. The number of carbonyl (C=O) groups is 2. The van der Waals surface area contributed by atoms with Crippen LogP contribution in [0.2, 0.25) is 0 Å². The van der Waals surface area contributed by atoms with E-state index in [1.165, 1.54) is 0 Å². The van der Waals surface area contributed by atoms with Crippen molar-refractivity contribution in [2.45, 2.75) is 6.42 Å². The molecule has 1 aliphatic heterocycles. The summed E-state index contributed by atoms with van der Waals surface area (Å²) in [6.45, 7) is 5.45. The quantitative estimate of drug-likeness (QED) is 0.578. The second-order valence-corrected chi connectivity index (χ2v) is 6.70. The van der Waals surface area contributed by atoms with Crippen LogP contribution in [0.15, 0.2) is 24.3 Å². The number of hydrogen-bond acceptors (Lipinski definition) is 5. The van der Waals surface area contributed by atoms with Crippen molar-refractivity contribution in [2.24, 2.45) is 0 Å². The summed E-state index contributed by atoms with van der Waals surface area (Å²) in [5.41, 5.74) is 1.77. The average molecular weight is 347 g/mol. The van der Waals surface area contributed by atoms with Gasteiger partial charge in [-0.15, -0.1) is 0 Å². The van der Waals surface area contributed by atoms with Crippen LogP contribution in [0.4, 0.5) is 11.4 Å². The van der Waals surface area contributed by atoms with Gasteiger partial charge in [0, 0.05) is 44.1 Å². The van der Waals surface area contributed by atoms with Gasteiger partial charge in [-0.25, -0.2) is 0 Å². The fraction of sp³-hybridized carbons (Fsp3) is 0.556. The number of piperazine rings is 1. The third kappa shape index (κ3) is 6.36. The fourth-order valence-corrected chi connectivity index (χ4v) is 2.69. The number of rotatable bonds is 6. The first-order chi connectivity index (χ1) is 12.0. The number of carbonyl (C=O) groups excluding carboxylic acids is 2. The van der Waals surface area contributed by atoms with Gasteiger partial charge in [-0.05, 0) is 58.4 Å². The number of anilines is 2. The summed E-state index contributed by atoms with van der Waals surface area (Å²) in [5.74, 6) is -1.22. The Morgan fingerprint density at radius 1 is 1.04 bits per heavy atom. The summed E-state index contributed by atoms with van der Waals surface area (Å²) < 4.78 is 0. The maximum Gasteiger partial charge on any atom is 0.313 e. The lowest BCUT2D eigenvalue weighted by Crippen LogP contribution is -2.44. The first-order valence-corrected chi connectivity index (χ1v) is 8.73. The van der Waals surface area contributed by atoms with Crippen LogP contribution < -0.4 is 15.5 Å². The Labute approximate surface area is 150 Å². The predicted octanol–water partition coefficient (Wildman–Crippen LogP) is 0.445. The Morgan fingerprint density at radius 2 is 1.68 bits per heavy atom. The molecule has 0 spiro atoms. The zero-order valence-corrected chi connectivity index (χ0v) is 15.4. The monoisotopic (exact) mass is 347 g/mol. The van der Waals surface area contributed by atoms with Gasteiger partial charge >= 0.3 is 11.8 Å². The van der Waals surface area contributed by atoms with Gasteiger partial charge in [-0.3, -0.25) is 9.59 Å². The normalized spacial score (nSPS) is 15.3. The van der Waals surface area contributed by atoms with Gasteiger partial charge in [0.05, 0.1) is 0 Å². The molecule has 0 aromatic heterocycles. The molecule has 25 heavy (non-hydrogen) atoms. The van der Waals surface area contributed by atoms with E-state index in [4.69, 9.17) is 0 Å². The van der Waals surface area contributed by atoms with E-state index in [0.29, 0.717) is 12.2 Å². The molecule has 0 unspecified atom stereocenters. The third-order valence-corrected chi connectivity index (χ3v) is 4.27. The maximum absolute atomic E-state index is 11.9. The van der Waals surface area contributed by atoms with Gasteiger partial charge in [0.15, 0.2) is 0 Å². The van der Waals surface area contributed by atoms with Crippen molar-refractivity contribution in [3.8, 4) is 0 Å². The minimum atomic E-state index is -0.628. The Hall–Kier alpha value is -2.12. The van der Waals surface area contributed by atoms with Crippen LogP contribution in [-0.2, 0) is 9.59 Å². The molecule has 0 aliphatic carbocycles. The molecular formula is C18H29N5O2.